The first-order valence-electron chi connectivity index (χ1n) is 7.18. The minimum Gasteiger partial charge on any atom is -0.295 e. The zero-order valence-electron chi connectivity index (χ0n) is 13.9. The molecule has 1 N–H and O–H groups in total. The smallest absolute Gasteiger partial charge is 0.263 e. The van der Waals surface area contributed by atoms with E-state index in [0.717, 1.165) is 0 Å². The Morgan fingerprint density at radius 2 is 1.83 bits per heavy atom. The Labute approximate surface area is 141 Å². The topological polar surface area (TPSA) is 105 Å². The SMILES string of the molecule is CC(=O)c1ccc(S(=O)(=O)Nc2nn(C(C)(C)C)cc2C#N)cc1. The normalized spacial score (nSPS) is 11.8. The first kappa shape index (κ1) is 17.7. The van der Waals surface area contributed by atoms with E-state index in [9.17, 15) is 18.5 Å². The van der Waals surface area contributed by atoms with Gasteiger partial charge in [-0.1, -0.05) is 12.1 Å². The molecule has 1 aromatic carbocycles. The van der Waals surface area contributed by atoms with Gasteiger partial charge in [0.25, 0.3) is 10.0 Å². The van der Waals surface area contributed by atoms with Gasteiger partial charge in [0.2, 0.25) is 0 Å². The molecule has 1 aromatic heterocycles. The fourth-order valence-electron chi connectivity index (χ4n) is 1.93. The van der Waals surface area contributed by atoms with E-state index < -0.39 is 15.6 Å². The van der Waals surface area contributed by atoms with E-state index in [-0.39, 0.29) is 22.1 Å². The molecule has 2 aromatic rings. The minimum atomic E-state index is -3.91. The molecule has 24 heavy (non-hydrogen) atoms. The van der Waals surface area contributed by atoms with Crippen LogP contribution in [0.4, 0.5) is 5.82 Å². The number of hydrogen-bond donors (Lipinski definition) is 1. The molecule has 0 saturated heterocycles. The van der Waals surface area contributed by atoms with Gasteiger partial charge in [-0.3, -0.25) is 14.2 Å². The number of nitriles is 1. The van der Waals surface area contributed by atoms with Crippen LogP contribution in [-0.4, -0.2) is 24.0 Å². The third-order valence-corrected chi connectivity index (χ3v) is 4.68. The van der Waals surface area contributed by atoms with Crippen LogP contribution in [0.5, 0.6) is 0 Å². The Morgan fingerprint density at radius 1 is 1.25 bits per heavy atom. The van der Waals surface area contributed by atoms with E-state index >= 15 is 0 Å². The highest BCUT2D eigenvalue weighted by atomic mass is 32.2. The third kappa shape index (κ3) is 3.63. The number of carbonyl (C=O) groups is 1. The lowest BCUT2D eigenvalue weighted by Crippen LogP contribution is -2.22. The minimum absolute atomic E-state index is 0.0123. The van der Waals surface area contributed by atoms with Crippen molar-refractivity contribution in [3.05, 3.63) is 41.6 Å². The predicted molar refractivity (Wildman–Crippen MR) is 89.2 cm³/mol. The molecular weight excluding hydrogens is 328 g/mol. The monoisotopic (exact) mass is 346 g/mol. The second-order valence-corrected chi connectivity index (χ2v) is 7.99. The van der Waals surface area contributed by atoms with Crippen LogP contribution in [0.1, 0.15) is 43.6 Å². The number of aromatic nitrogens is 2. The Morgan fingerprint density at radius 3 is 2.29 bits per heavy atom. The van der Waals surface area contributed by atoms with Crippen LogP contribution in [0, 0.1) is 11.3 Å². The van der Waals surface area contributed by atoms with Gasteiger partial charge in [-0.05, 0) is 39.8 Å². The van der Waals surface area contributed by atoms with Crippen molar-refractivity contribution in [3.63, 3.8) is 0 Å². The van der Waals surface area contributed by atoms with Crippen molar-refractivity contribution in [2.75, 3.05) is 4.72 Å². The Kier molecular flexibility index (Phi) is 4.49. The van der Waals surface area contributed by atoms with Crippen LogP contribution in [0.25, 0.3) is 0 Å². The summed E-state index contributed by atoms with van der Waals surface area (Å²) >= 11 is 0. The summed E-state index contributed by atoms with van der Waals surface area (Å²) < 4.78 is 28.8. The summed E-state index contributed by atoms with van der Waals surface area (Å²) in [6.45, 7) is 7.07. The Balaban J connectivity index is 2.37. The lowest BCUT2D eigenvalue weighted by molar-refractivity contribution is 0.101. The largest absolute Gasteiger partial charge is 0.295 e. The number of anilines is 1. The van der Waals surface area contributed by atoms with Crippen LogP contribution < -0.4 is 4.72 Å². The molecule has 0 unspecified atom stereocenters. The maximum absolute atomic E-state index is 12.5. The number of nitrogens with zero attached hydrogens (tertiary/aromatic N) is 3. The van der Waals surface area contributed by atoms with Gasteiger partial charge >= 0.3 is 0 Å². The molecule has 1 heterocycles. The van der Waals surface area contributed by atoms with Crippen molar-refractivity contribution in [3.8, 4) is 6.07 Å². The average molecular weight is 346 g/mol. The highest BCUT2D eigenvalue weighted by molar-refractivity contribution is 7.92. The molecule has 0 aliphatic heterocycles. The summed E-state index contributed by atoms with van der Waals surface area (Å²) in [5, 5.41) is 13.3. The van der Waals surface area contributed by atoms with Crippen LogP contribution in [0.2, 0.25) is 0 Å². The first-order chi connectivity index (χ1) is 11.0. The van der Waals surface area contributed by atoms with Crippen LogP contribution in [0.15, 0.2) is 35.4 Å². The van der Waals surface area contributed by atoms with Crippen molar-refractivity contribution < 1.29 is 13.2 Å². The molecule has 0 aliphatic carbocycles. The fourth-order valence-corrected chi connectivity index (χ4v) is 2.95. The molecule has 0 amide bonds. The molecule has 2 rings (SSSR count). The van der Waals surface area contributed by atoms with Gasteiger partial charge in [0.1, 0.15) is 11.6 Å². The van der Waals surface area contributed by atoms with E-state index in [1.165, 1.54) is 42.1 Å². The number of hydrogen-bond acceptors (Lipinski definition) is 5. The second-order valence-electron chi connectivity index (χ2n) is 6.30. The van der Waals surface area contributed by atoms with Gasteiger partial charge < -0.3 is 0 Å². The van der Waals surface area contributed by atoms with E-state index in [1.54, 1.807) is 0 Å². The molecule has 0 fully saturated rings. The Bertz CT molecular complexity index is 914. The highest BCUT2D eigenvalue weighted by Gasteiger charge is 2.22. The molecule has 0 bridgehead atoms. The number of ketones is 1. The molecular formula is C16H18N4O3S. The number of rotatable bonds is 4. The van der Waals surface area contributed by atoms with E-state index in [0.29, 0.717) is 5.56 Å². The fraction of sp³-hybridized carbons (Fsp3) is 0.312. The molecule has 0 saturated carbocycles. The summed E-state index contributed by atoms with van der Waals surface area (Å²) in [6, 6.07) is 7.49. The first-order valence-corrected chi connectivity index (χ1v) is 8.67. The summed E-state index contributed by atoms with van der Waals surface area (Å²) in [4.78, 5) is 11.3. The summed E-state index contributed by atoms with van der Waals surface area (Å²) in [5.41, 5.74) is 0.163. The summed E-state index contributed by atoms with van der Waals surface area (Å²) in [7, 11) is -3.91. The number of sulfonamides is 1. The third-order valence-electron chi connectivity index (χ3n) is 3.32. The number of carbonyl (C=O) groups excluding carboxylic acids is 1. The molecule has 8 heteroatoms. The van der Waals surface area contributed by atoms with Crippen LogP contribution in [0.3, 0.4) is 0 Å². The van der Waals surface area contributed by atoms with Crippen LogP contribution in [-0.2, 0) is 15.6 Å². The van der Waals surface area contributed by atoms with E-state index in [4.69, 9.17) is 0 Å². The van der Waals surface area contributed by atoms with Crippen molar-refractivity contribution in [1.29, 1.82) is 5.26 Å². The Hall–Kier alpha value is -2.66. The predicted octanol–water partition coefficient (Wildman–Crippen LogP) is 2.51. The van der Waals surface area contributed by atoms with Crippen LogP contribution >= 0.6 is 0 Å². The second kappa shape index (κ2) is 6.09. The quantitative estimate of drug-likeness (QED) is 0.856. The maximum Gasteiger partial charge on any atom is 0.263 e. The van der Waals surface area contributed by atoms with E-state index in [1.807, 2.05) is 26.8 Å². The lowest BCUT2D eigenvalue weighted by Gasteiger charge is -2.18. The number of benzene rings is 1. The van der Waals surface area contributed by atoms with Crippen molar-refractivity contribution >= 4 is 21.6 Å². The zero-order valence-corrected chi connectivity index (χ0v) is 14.7. The van der Waals surface area contributed by atoms with Gasteiger partial charge in [0.05, 0.1) is 10.4 Å². The van der Waals surface area contributed by atoms with Gasteiger partial charge in [-0.2, -0.15) is 10.4 Å². The van der Waals surface area contributed by atoms with Crippen molar-refractivity contribution in [1.82, 2.24) is 9.78 Å². The zero-order chi connectivity index (χ0) is 18.1. The van der Waals surface area contributed by atoms with Crippen molar-refractivity contribution in [2.24, 2.45) is 0 Å². The molecule has 126 valence electrons. The summed E-state index contributed by atoms with van der Waals surface area (Å²) in [5.74, 6) is -0.175. The molecule has 0 spiro atoms. The molecule has 0 atom stereocenters. The lowest BCUT2D eigenvalue weighted by atomic mass is 10.1. The molecule has 0 aliphatic rings. The molecule has 0 radical (unpaired) electrons. The number of nitrogens with one attached hydrogen (secondary N) is 1. The van der Waals surface area contributed by atoms with Gasteiger partial charge in [0.15, 0.2) is 11.6 Å². The molecule has 7 nitrogen and oxygen atoms in total. The van der Waals surface area contributed by atoms with Crippen molar-refractivity contribution in [2.45, 2.75) is 38.1 Å². The number of Topliss-reactive ketones (excluding diaryl/α,β-unsaturated/α-hetero) is 1. The maximum atomic E-state index is 12.5. The van der Waals surface area contributed by atoms with Gasteiger partial charge in [0, 0.05) is 11.8 Å². The van der Waals surface area contributed by atoms with E-state index in [2.05, 4.69) is 9.82 Å². The summed E-state index contributed by atoms with van der Waals surface area (Å²) in [6.07, 6.45) is 1.50. The standard InChI is InChI=1S/C16H18N4O3S/c1-11(21)12-5-7-14(8-6-12)24(22,23)19-15-13(9-17)10-20(18-15)16(2,3)4/h5-8,10H,1-4H3,(H,18,19). The highest BCUT2D eigenvalue weighted by Crippen LogP contribution is 2.22. The van der Waals surface area contributed by atoms with Gasteiger partial charge in [-0.15, -0.1) is 0 Å². The average Bonchev–Trinajstić information content (AvgIpc) is 2.89. The van der Waals surface area contributed by atoms with Gasteiger partial charge in [-0.25, -0.2) is 8.42 Å².